The van der Waals surface area contributed by atoms with Gasteiger partial charge in [0.1, 0.15) is 22.7 Å². The van der Waals surface area contributed by atoms with Gasteiger partial charge in [-0.1, -0.05) is 0 Å². The van der Waals surface area contributed by atoms with Gasteiger partial charge in [0.2, 0.25) is 0 Å². The summed E-state index contributed by atoms with van der Waals surface area (Å²) in [5, 5.41) is 12.0. The molecule has 2 aromatic rings. The average Bonchev–Trinajstić information content (AvgIpc) is 2.63. The minimum Gasteiger partial charge on any atom is -0.312 e. The molecule has 102 valence electrons. The quantitative estimate of drug-likeness (QED) is 0.916. The zero-order valence-electron chi connectivity index (χ0n) is 10.8. The van der Waals surface area contributed by atoms with Crippen molar-refractivity contribution in [3.05, 3.63) is 51.4 Å². The number of hydrogen-bond acceptors (Lipinski definition) is 3. The third-order valence-corrected chi connectivity index (χ3v) is 3.97. The monoisotopic (exact) mass is 292 g/mol. The highest BCUT2D eigenvalue weighted by Crippen LogP contribution is 2.31. The lowest BCUT2D eigenvalue weighted by molar-refractivity contribution is 0.102. The van der Waals surface area contributed by atoms with Crippen molar-refractivity contribution in [2.45, 2.75) is 13.8 Å². The van der Waals surface area contributed by atoms with E-state index in [1.807, 2.05) is 13.0 Å². The summed E-state index contributed by atoms with van der Waals surface area (Å²) in [6.45, 7) is 3.61. The van der Waals surface area contributed by atoms with Crippen LogP contribution < -0.4 is 5.32 Å². The first kappa shape index (κ1) is 14.2. The predicted octanol–water partition coefficient (Wildman–Crippen LogP) is 3.77. The van der Waals surface area contributed by atoms with Gasteiger partial charge in [0, 0.05) is 16.5 Å². The van der Waals surface area contributed by atoms with Crippen LogP contribution in [0, 0.1) is 36.8 Å². The number of hydrogen-bond donors (Lipinski definition) is 1. The van der Waals surface area contributed by atoms with E-state index in [0.29, 0.717) is 16.6 Å². The number of carbonyl (C=O) groups excluding carboxylic acids is 1. The van der Waals surface area contributed by atoms with Gasteiger partial charge in [0.15, 0.2) is 0 Å². The Labute approximate surface area is 118 Å². The Balaban J connectivity index is 2.33. The van der Waals surface area contributed by atoms with Crippen LogP contribution in [-0.4, -0.2) is 5.91 Å². The van der Waals surface area contributed by atoms with Crippen molar-refractivity contribution in [3.8, 4) is 6.07 Å². The zero-order valence-corrected chi connectivity index (χ0v) is 11.6. The maximum absolute atomic E-state index is 13.1. The minimum atomic E-state index is -0.825. The molecule has 1 amide bonds. The van der Waals surface area contributed by atoms with Crippen molar-refractivity contribution in [2.75, 3.05) is 5.32 Å². The van der Waals surface area contributed by atoms with Gasteiger partial charge in [-0.2, -0.15) is 5.26 Å². The summed E-state index contributed by atoms with van der Waals surface area (Å²) in [4.78, 5) is 12.9. The normalized spacial score (nSPS) is 10.2. The van der Waals surface area contributed by atoms with Gasteiger partial charge < -0.3 is 5.32 Å². The van der Waals surface area contributed by atoms with Gasteiger partial charge >= 0.3 is 0 Å². The molecule has 0 spiro atoms. The number of benzene rings is 1. The van der Waals surface area contributed by atoms with E-state index < -0.39 is 17.5 Å². The number of rotatable bonds is 2. The summed E-state index contributed by atoms with van der Waals surface area (Å²) in [5.41, 5.74) is 1.03. The second-order valence-electron chi connectivity index (χ2n) is 4.21. The van der Waals surface area contributed by atoms with E-state index in [4.69, 9.17) is 5.26 Å². The molecular weight excluding hydrogens is 282 g/mol. The molecule has 3 nitrogen and oxygen atoms in total. The number of nitriles is 1. The Bertz CT molecular complexity index is 711. The Kier molecular flexibility index (Phi) is 3.81. The lowest BCUT2D eigenvalue weighted by Crippen LogP contribution is -2.12. The number of anilines is 1. The molecule has 0 fully saturated rings. The van der Waals surface area contributed by atoms with Gasteiger partial charge in [-0.25, -0.2) is 8.78 Å². The molecule has 0 saturated heterocycles. The number of nitrogens with one attached hydrogen (secondary N) is 1. The SMILES string of the molecule is Cc1sc(NC(=O)c2cc(F)cc(F)c2)c(C#N)c1C. The minimum absolute atomic E-state index is 0.130. The molecule has 1 aromatic carbocycles. The summed E-state index contributed by atoms with van der Waals surface area (Å²) in [6.07, 6.45) is 0. The van der Waals surface area contributed by atoms with Crippen LogP contribution in [-0.2, 0) is 0 Å². The zero-order chi connectivity index (χ0) is 14.9. The predicted molar refractivity (Wildman–Crippen MR) is 72.8 cm³/mol. The van der Waals surface area contributed by atoms with Crippen molar-refractivity contribution >= 4 is 22.2 Å². The van der Waals surface area contributed by atoms with Crippen molar-refractivity contribution in [3.63, 3.8) is 0 Å². The van der Waals surface area contributed by atoms with E-state index in [9.17, 15) is 13.6 Å². The molecule has 0 radical (unpaired) electrons. The van der Waals surface area contributed by atoms with Crippen molar-refractivity contribution in [1.29, 1.82) is 5.26 Å². The summed E-state index contributed by atoms with van der Waals surface area (Å²) in [5.74, 6) is -2.30. The molecule has 2 rings (SSSR count). The van der Waals surface area contributed by atoms with Crippen molar-refractivity contribution in [1.82, 2.24) is 0 Å². The molecule has 1 heterocycles. The topological polar surface area (TPSA) is 52.9 Å². The fraction of sp³-hybridized carbons (Fsp3) is 0.143. The fourth-order valence-electron chi connectivity index (χ4n) is 1.71. The number of aryl methyl sites for hydroxylation is 1. The van der Waals surface area contributed by atoms with Crippen LogP contribution in [0.5, 0.6) is 0 Å². The first-order valence-electron chi connectivity index (χ1n) is 5.70. The number of carbonyl (C=O) groups is 1. The Hall–Kier alpha value is -2.26. The highest BCUT2D eigenvalue weighted by atomic mass is 32.1. The molecule has 0 aliphatic heterocycles. The molecule has 0 aliphatic carbocycles. The summed E-state index contributed by atoms with van der Waals surface area (Å²) in [6, 6.07) is 4.59. The number of halogens is 2. The van der Waals surface area contributed by atoms with Crippen molar-refractivity contribution in [2.24, 2.45) is 0 Å². The molecule has 0 atom stereocenters. The largest absolute Gasteiger partial charge is 0.312 e. The van der Waals surface area contributed by atoms with E-state index in [2.05, 4.69) is 5.32 Å². The highest BCUT2D eigenvalue weighted by molar-refractivity contribution is 7.16. The van der Waals surface area contributed by atoms with Crippen LogP contribution in [0.15, 0.2) is 18.2 Å². The van der Waals surface area contributed by atoms with Crippen LogP contribution >= 0.6 is 11.3 Å². The van der Waals surface area contributed by atoms with E-state index in [0.717, 1.165) is 22.6 Å². The average molecular weight is 292 g/mol. The van der Waals surface area contributed by atoms with Crippen molar-refractivity contribution < 1.29 is 13.6 Å². The number of nitrogens with zero attached hydrogens (tertiary/aromatic N) is 1. The van der Waals surface area contributed by atoms with Gasteiger partial charge in [0.05, 0.1) is 5.56 Å². The second-order valence-corrected chi connectivity index (χ2v) is 5.44. The maximum atomic E-state index is 13.1. The first-order chi connectivity index (χ1) is 9.42. The second kappa shape index (κ2) is 5.39. The fourth-order valence-corrected chi connectivity index (χ4v) is 2.72. The lowest BCUT2D eigenvalue weighted by Gasteiger charge is -2.04. The van der Waals surface area contributed by atoms with E-state index in [-0.39, 0.29) is 5.56 Å². The number of amides is 1. The van der Waals surface area contributed by atoms with E-state index in [1.165, 1.54) is 11.3 Å². The molecule has 0 aliphatic rings. The van der Waals surface area contributed by atoms with Crippen LogP contribution in [0.25, 0.3) is 0 Å². The molecule has 0 unspecified atom stereocenters. The third-order valence-electron chi connectivity index (χ3n) is 2.85. The standard InChI is InChI=1S/C14H10F2N2OS/c1-7-8(2)20-14(12(7)6-17)18-13(19)9-3-10(15)5-11(16)4-9/h3-5H,1-2H3,(H,18,19). The Morgan fingerprint density at radius 2 is 1.85 bits per heavy atom. The maximum Gasteiger partial charge on any atom is 0.256 e. The van der Waals surface area contributed by atoms with Crippen LogP contribution in [0.1, 0.15) is 26.4 Å². The molecule has 20 heavy (non-hydrogen) atoms. The molecular formula is C14H10F2N2OS. The Morgan fingerprint density at radius 3 is 2.40 bits per heavy atom. The molecule has 6 heteroatoms. The molecule has 1 aromatic heterocycles. The summed E-state index contributed by atoms with van der Waals surface area (Å²) >= 11 is 1.26. The number of thiophene rings is 1. The molecule has 0 saturated carbocycles. The van der Waals surface area contributed by atoms with Crippen LogP contribution in [0.3, 0.4) is 0 Å². The van der Waals surface area contributed by atoms with Crippen LogP contribution in [0.2, 0.25) is 0 Å². The Morgan fingerprint density at radius 1 is 1.25 bits per heavy atom. The van der Waals surface area contributed by atoms with E-state index in [1.54, 1.807) is 6.92 Å². The molecule has 0 bridgehead atoms. The first-order valence-corrected chi connectivity index (χ1v) is 6.51. The lowest BCUT2D eigenvalue weighted by atomic mass is 10.1. The third kappa shape index (κ3) is 2.68. The van der Waals surface area contributed by atoms with E-state index >= 15 is 0 Å². The van der Waals surface area contributed by atoms with Gasteiger partial charge in [-0.3, -0.25) is 4.79 Å². The highest BCUT2D eigenvalue weighted by Gasteiger charge is 2.16. The van der Waals surface area contributed by atoms with Gasteiger partial charge in [-0.05, 0) is 31.5 Å². The summed E-state index contributed by atoms with van der Waals surface area (Å²) in [7, 11) is 0. The smallest absolute Gasteiger partial charge is 0.256 e. The summed E-state index contributed by atoms with van der Waals surface area (Å²) < 4.78 is 26.1. The van der Waals surface area contributed by atoms with Crippen LogP contribution in [0.4, 0.5) is 13.8 Å². The van der Waals surface area contributed by atoms with Gasteiger partial charge in [-0.15, -0.1) is 11.3 Å². The van der Waals surface area contributed by atoms with Gasteiger partial charge in [0.25, 0.3) is 5.91 Å². The molecule has 1 N–H and O–H groups in total.